The standard InChI is InChI=1S/C16H18O3S/c1-10(2)13-6-4-11(3)8-14(13)19-9-12-5-7-15(20-12)16(17)18/h4-8,10H,9H2,1-3H3,(H,17,18). The van der Waals surface area contributed by atoms with Crippen LogP contribution in [0.25, 0.3) is 0 Å². The van der Waals surface area contributed by atoms with Crippen LogP contribution in [0, 0.1) is 6.92 Å². The number of carbonyl (C=O) groups is 1. The van der Waals surface area contributed by atoms with Crippen LogP contribution in [-0.4, -0.2) is 11.1 Å². The molecule has 1 N–H and O–H groups in total. The van der Waals surface area contributed by atoms with Gasteiger partial charge in [-0.25, -0.2) is 4.79 Å². The summed E-state index contributed by atoms with van der Waals surface area (Å²) < 4.78 is 5.88. The first-order chi connectivity index (χ1) is 9.47. The van der Waals surface area contributed by atoms with Crippen molar-refractivity contribution in [3.63, 3.8) is 0 Å². The number of carboxylic acids is 1. The van der Waals surface area contributed by atoms with E-state index in [2.05, 4.69) is 26.0 Å². The summed E-state index contributed by atoms with van der Waals surface area (Å²) in [7, 11) is 0. The van der Waals surface area contributed by atoms with Gasteiger partial charge in [-0.3, -0.25) is 0 Å². The average molecular weight is 290 g/mol. The first-order valence-corrected chi connectivity index (χ1v) is 7.34. The summed E-state index contributed by atoms with van der Waals surface area (Å²) in [4.78, 5) is 12.1. The Morgan fingerprint density at radius 1 is 1.30 bits per heavy atom. The van der Waals surface area contributed by atoms with Gasteiger partial charge in [-0.15, -0.1) is 11.3 Å². The first-order valence-electron chi connectivity index (χ1n) is 6.52. The van der Waals surface area contributed by atoms with Gasteiger partial charge in [0.05, 0.1) is 0 Å². The number of aryl methyl sites for hydroxylation is 1. The van der Waals surface area contributed by atoms with E-state index in [0.29, 0.717) is 17.4 Å². The van der Waals surface area contributed by atoms with Crippen LogP contribution in [0.5, 0.6) is 5.75 Å². The molecule has 20 heavy (non-hydrogen) atoms. The molecule has 0 aliphatic heterocycles. The molecule has 3 nitrogen and oxygen atoms in total. The zero-order valence-corrected chi connectivity index (χ0v) is 12.7. The molecular weight excluding hydrogens is 272 g/mol. The summed E-state index contributed by atoms with van der Waals surface area (Å²) in [6.45, 7) is 6.70. The quantitative estimate of drug-likeness (QED) is 0.884. The Balaban J connectivity index is 2.13. The van der Waals surface area contributed by atoms with Crippen LogP contribution in [-0.2, 0) is 6.61 Å². The fraction of sp³-hybridized carbons (Fsp3) is 0.312. The van der Waals surface area contributed by atoms with Crippen molar-refractivity contribution in [2.24, 2.45) is 0 Å². The maximum atomic E-state index is 10.8. The second-order valence-corrected chi connectivity index (χ2v) is 6.22. The van der Waals surface area contributed by atoms with Crippen LogP contribution in [0.1, 0.15) is 45.4 Å². The fourth-order valence-electron chi connectivity index (χ4n) is 1.96. The molecule has 0 atom stereocenters. The lowest BCUT2D eigenvalue weighted by Crippen LogP contribution is -1.99. The van der Waals surface area contributed by atoms with E-state index in [0.717, 1.165) is 16.2 Å². The third-order valence-corrected chi connectivity index (χ3v) is 4.08. The topological polar surface area (TPSA) is 46.5 Å². The molecule has 0 aliphatic rings. The molecule has 0 bridgehead atoms. The minimum Gasteiger partial charge on any atom is -0.488 e. The van der Waals surface area contributed by atoms with Gasteiger partial charge in [-0.1, -0.05) is 26.0 Å². The molecule has 0 spiro atoms. The van der Waals surface area contributed by atoms with Gasteiger partial charge in [0.2, 0.25) is 0 Å². The summed E-state index contributed by atoms with van der Waals surface area (Å²) in [6, 6.07) is 9.62. The number of ether oxygens (including phenoxy) is 1. The Labute approximate surface area is 122 Å². The van der Waals surface area contributed by atoms with E-state index in [1.807, 2.05) is 13.0 Å². The van der Waals surface area contributed by atoms with Crippen molar-refractivity contribution in [1.29, 1.82) is 0 Å². The van der Waals surface area contributed by atoms with Gasteiger partial charge < -0.3 is 9.84 Å². The Morgan fingerprint density at radius 3 is 2.65 bits per heavy atom. The Hall–Kier alpha value is -1.81. The predicted octanol–water partition coefficient (Wildman–Crippen LogP) is 4.46. The summed E-state index contributed by atoms with van der Waals surface area (Å²) in [5.41, 5.74) is 2.33. The number of aromatic carboxylic acids is 1. The van der Waals surface area contributed by atoms with Crippen LogP contribution in [0.15, 0.2) is 30.3 Å². The molecule has 2 aromatic rings. The van der Waals surface area contributed by atoms with Gasteiger partial charge in [-0.05, 0) is 42.2 Å². The van der Waals surface area contributed by atoms with Gasteiger partial charge in [0.15, 0.2) is 0 Å². The van der Waals surface area contributed by atoms with Gasteiger partial charge in [0, 0.05) is 4.88 Å². The Morgan fingerprint density at radius 2 is 2.05 bits per heavy atom. The SMILES string of the molecule is Cc1ccc(C(C)C)c(OCc2ccc(C(=O)O)s2)c1. The maximum Gasteiger partial charge on any atom is 0.345 e. The predicted molar refractivity (Wildman–Crippen MR) is 80.9 cm³/mol. The molecule has 0 radical (unpaired) electrons. The van der Waals surface area contributed by atoms with Crippen molar-refractivity contribution < 1.29 is 14.6 Å². The number of rotatable bonds is 5. The number of thiophene rings is 1. The second kappa shape index (κ2) is 6.09. The maximum absolute atomic E-state index is 10.8. The van der Waals surface area contributed by atoms with E-state index in [9.17, 15) is 4.79 Å². The Bertz CT molecular complexity index is 614. The van der Waals surface area contributed by atoms with E-state index in [1.165, 1.54) is 16.9 Å². The molecule has 4 heteroatoms. The molecule has 0 unspecified atom stereocenters. The monoisotopic (exact) mass is 290 g/mol. The lowest BCUT2D eigenvalue weighted by atomic mass is 10.0. The molecule has 106 valence electrons. The molecule has 2 rings (SSSR count). The van der Waals surface area contributed by atoms with Crippen molar-refractivity contribution in [3.8, 4) is 5.75 Å². The highest BCUT2D eigenvalue weighted by Crippen LogP contribution is 2.29. The Kier molecular flexibility index (Phi) is 4.45. The normalized spacial score (nSPS) is 10.8. The van der Waals surface area contributed by atoms with Crippen LogP contribution in [0.4, 0.5) is 0 Å². The van der Waals surface area contributed by atoms with Gasteiger partial charge in [-0.2, -0.15) is 0 Å². The van der Waals surface area contributed by atoms with Crippen molar-refractivity contribution in [3.05, 3.63) is 51.2 Å². The molecule has 1 heterocycles. The molecule has 1 aromatic carbocycles. The largest absolute Gasteiger partial charge is 0.488 e. The van der Waals surface area contributed by atoms with Crippen molar-refractivity contribution in [2.75, 3.05) is 0 Å². The summed E-state index contributed by atoms with van der Waals surface area (Å²) in [5.74, 6) is 0.383. The summed E-state index contributed by atoms with van der Waals surface area (Å²) >= 11 is 1.25. The van der Waals surface area contributed by atoms with Crippen LogP contribution in [0.2, 0.25) is 0 Å². The van der Waals surface area contributed by atoms with Gasteiger partial charge in [0.25, 0.3) is 0 Å². The van der Waals surface area contributed by atoms with E-state index >= 15 is 0 Å². The zero-order chi connectivity index (χ0) is 14.7. The van der Waals surface area contributed by atoms with Gasteiger partial charge in [0.1, 0.15) is 17.2 Å². The van der Waals surface area contributed by atoms with Crippen LogP contribution >= 0.6 is 11.3 Å². The minimum absolute atomic E-state index is 0.344. The van der Waals surface area contributed by atoms with Crippen molar-refractivity contribution in [2.45, 2.75) is 33.3 Å². The molecule has 0 fully saturated rings. The highest BCUT2D eigenvalue weighted by molar-refractivity contribution is 7.13. The molecule has 0 aliphatic carbocycles. The lowest BCUT2D eigenvalue weighted by Gasteiger charge is -2.14. The highest BCUT2D eigenvalue weighted by Gasteiger charge is 2.10. The summed E-state index contributed by atoms with van der Waals surface area (Å²) in [6.07, 6.45) is 0. The second-order valence-electron chi connectivity index (χ2n) is 5.06. The van der Waals surface area contributed by atoms with Crippen LogP contribution < -0.4 is 4.74 Å². The summed E-state index contributed by atoms with van der Waals surface area (Å²) in [5, 5.41) is 8.91. The van der Waals surface area contributed by atoms with E-state index in [1.54, 1.807) is 12.1 Å². The average Bonchev–Trinajstić information content (AvgIpc) is 2.85. The van der Waals surface area contributed by atoms with E-state index < -0.39 is 5.97 Å². The fourth-order valence-corrected chi connectivity index (χ4v) is 2.72. The number of hydrogen-bond donors (Lipinski definition) is 1. The number of carboxylic acid groups (broad SMARTS) is 1. The third kappa shape index (κ3) is 3.39. The first kappa shape index (κ1) is 14.6. The molecule has 1 aromatic heterocycles. The van der Waals surface area contributed by atoms with E-state index in [-0.39, 0.29) is 0 Å². The lowest BCUT2D eigenvalue weighted by molar-refractivity contribution is 0.0702. The molecule has 0 amide bonds. The molecule has 0 saturated carbocycles. The molecule has 0 saturated heterocycles. The number of benzene rings is 1. The number of hydrogen-bond acceptors (Lipinski definition) is 3. The van der Waals surface area contributed by atoms with Crippen LogP contribution in [0.3, 0.4) is 0 Å². The molecular formula is C16H18O3S. The minimum atomic E-state index is -0.889. The smallest absolute Gasteiger partial charge is 0.345 e. The third-order valence-electron chi connectivity index (χ3n) is 3.03. The van der Waals surface area contributed by atoms with Gasteiger partial charge >= 0.3 is 5.97 Å². The van der Waals surface area contributed by atoms with E-state index in [4.69, 9.17) is 9.84 Å². The zero-order valence-electron chi connectivity index (χ0n) is 11.8. The highest BCUT2D eigenvalue weighted by atomic mass is 32.1. The van der Waals surface area contributed by atoms with Crippen molar-refractivity contribution >= 4 is 17.3 Å². The van der Waals surface area contributed by atoms with Crippen molar-refractivity contribution in [1.82, 2.24) is 0 Å².